The fourth-order valence-corrected chi connectivity index (χ4v) is 4.29. The molecule has 174 valence electrons. The van der Waals surface area contributed by atoms with E-state index in [0.29, 0.717) is 35.0 Å². The first-order valence-electron chi connectivity index (χ1n) is 12.0. The average molecular weight is 449 g/mol. The number of hydrogen-bond donors (Lipinski definition) is 1. The number of ether oxygens (including phenoxy) is 2. The number of nitrogens with zero attached hydrogens (tertiary/aromatic N) is 1. The minimum atomic E-state index is -0.278. The maximum absolute atomic E-state index is 13.3. The van der Waals surface area contributed by atoms with Gasteiger partial charge in [0.1, 0.15) is 5.70 Å². The molecule has 6 heteroatoms. The standard InChI is InChI=1S/C27H32N2O4/c1-2-3-4-5-6-7-8-12-17-29-26(30)24(20-13-10-9-11-14-20)25(27(29)31)28-21-15-16-22-23(18-21)33-19-32-22/h9-11,13-16,18,28H,2-8,12,17,19H2,1H3. The zero-order valence-electron chi connectivity index (χ0n) is 19.3. The molecule has 0 radical (unpaired) electrons. The highest BCUT2D eigenvalue weighted by Gasteiger charge is 2.38. The van der Waals surface area contributed by atoms with E-state index in [-0.39, 0.29) is 18.6 Å². The summed E-state index contributed by atoms with van der Waals surface area (Å²) >= 11 is 0. The number of unbranched alkanes of at least 4 members (excludes halogenated alkanes) is 7. The van der Waals surface area contributed by atoms with Crippen LogP contribution in [0.25, 0.3) is 5.57 Å². The fraction of sp³-hybridized carbons (Fsp3) is 0.407. The van der Waals surface area contributed by atoms with Gasteiger partial charge in [-0.3, -0.25) is 14.5 Å². The third kappa shape index (κ3) is 5.38. The van der Waals surface area contributed by atoms with E-state index in [9.17, 15) is 9.59 Å². The van der Waals surface area contributed by atoms with Crippen LogP contribution in [0.3, 0.4) is 0 Å². The maximum atomic E-state index is 13.3. The first kappa shape index (κ1) is 22.9. The number of amides is 2. The minimum Gasteiger partial charge on any atom is -0.454 e. The van der Waals surface area contributed by atoms with E-state index in [1.54, 1.807) is 12.1 Å². The summed E-state index contributed by atoms with van der Waals surface area (Å²) in [5, 5.41) is 3.19. The molecule has 2 aliphatic heterocycles. The van der Waals surface area contributed by atoms with Crippen LogP contribution in [0.15, 0.2) is 54.2 Å². The van der Waals surface area contributed by atoms with Gasteiger partial charge in [-0.1, -0.05) is 82.2 Å². The fourth-order valence-electron chi connectivity index (χ4n) is 4.29. The maximum Gasteiger partial charge on any atom is 0.278 e. The van der Waals surface area contributed by atoms with Crippen molar-refractivity contribution in [3.8, 4) is 11.5 Å². The summed E-state index contributed by atoms with van der Waals surface area (Å²) < 4.78 is 10.8. The van der Waals surface area contributed by atoms with Crippen molar-refractivity contribution in [3.63, 3.8) is 0 Å². The lowest BCUT2D eigenvalue weighted by Crippen LogP contribution is -2.33. The highest BCUT2D eigenvalue weighted by Crippen LogP contribution is 2.36. The quantitative estimate of drug-likeness (QED) is 0.331. The predicted molar refractivity (Wildman–Crippen MR) is 129 cm³/mol. The van der Waals surface area contributed by atoms with Crippen LogP contribution in [-0.2, 0) is 9.59 Å². The van der Waals surface area contributed by atoms with Gasteiger partial charge in [-0.2, -0.15) is 0 Å². The van der Waals surface area contributed by atoms with Crippen molar-refractivity contribution in [1.82, 2.24) is 4.90 Å². The van der Waals surface area contributed by atoms with Gasteiger partial charge in [0.2, 0.25) is 6.79 Å². The van der Waals surface area contributed by atoms with Crippen molar-refractivity contribution in [3.05, 3.63) is 59.8 Å². The number of nitrogens with one attached hydrogen (secondary N) is 1. The van der Waals surface area contributed by atoms with Crippen LogP contribution in [0.2, 0.25) is 0 Å². The first-order chi connectivity index (χ1) is 16.2. The third-order valence-corrected chi connectivity index (χ3v) is 6.11. The van der Waals surface area contributed by atoms with E-state index in [1.165, 1.54) is 37.0 Å². The van der Waals surface area contributed by atoms with Crippen molar-refractivity contribution in [2.45, 2.75) is 58.3 Å². The van der Waals surface area contributed by atoms with Crippen LogP contribution in [-0.4, -0.2) is 30.1 Å². The van der Waals surface area contributed by atoms with E-state index >= 15 is 0 Å². The summed E-state index contributed by atoms with van der Waals surface area (Å²) in [6.07, 6.45) is 9.30. The monoisotopic (exact) mass is 448 g/mol. The lowest BCUT2D eigenvalue weighted by atomic mass is 10.0. The molecular formula is C27H32N2O4. The molecule has 0 bridgehead atoms. The number of carbonyl (C=O) groups excluding carboxylic acids is 2. The molecule has 0 aliphatic carbocycles. The summed E-state index contributed by atoms with van der Waals surface area (Å²) in [6.45, 7) is 2.84. The van der Waals surface area contributed by atoms with E-state index < -0.39 is 0 Å². The molecule has 4 rings (SSSR count). The number of imide groups is 1. The number of anilines is 1. The molecule has 0 fully saturated rings. The van der Waals surface area contributed by atoms with Crippen molar-refractivity contribution in [2.75, 3.05) is 18.7 Å². The van der Waals surface area contributed by atoms with Gasteiger partial charge in [-0.05, 0) is 24.1 Å². The minimum absolute atomic E-state index is 0.181. The molecule has 6 nitrogen and oxygen atoms in total. The third-order valence-electron chi connectivity index (χ3n) is 6.11. The Balaban J connectivity index is 1.45. The number of hydrogen-bond acceptors (Lipinski definition) is 5. The lowest BCUT2D eigenvalue weighted by molar-refractivity contribution is -0.136. The van der Waals surface area contributed by atoms with Crippen LogP contribution in [0.5, 0.6) is 11.5 Å². The van der Waals surface area contributed by atoms with Gasteiger partial charge in [0, 0.05) is 18.3 Å². The van der Waals surface area contributed by atoms with Crippen LogP contribution in [0.4, 0.5) is 5.69 Å². The number of rotatable bonds is 12. The van der Waals surface area contributed by atoms with Crippen LogP contribution in [0, 0.1) is 0 Å². The van der Waals surface area contributed by atoms with Gasteiger partial charge >= 0.3 is 0 Å². The van der Waals surface area contributed by atoms with Gasteiger partial charge in [-0.25, -0.2) is 0 Å². The van der Waals surface area contributed by atoms with E-state index in [4.69, 9.17) is 9.47 Å². The Morgan fingerprint density at radius 3 is 2.27 bits per heavy atom. The van der Waals surface area contributed by atoms with Gasteiger partial charge in [0.25, 0.3) is 11.8 Å². The molecular weight excluding hydrogens is 416 g/mol. The van der Waals surface area contributed by atoms with Gasteiger partial charge in [0.15, 0.2) is 11.5 Å². The second kappa shape index (κ2) is 11.0. The first-order valence-corrected chi connectivity index (χ1v) is 12.0. The predicted octanol–water partition coefficient (Wildman–Crippen LogP) is 5.75. The van der Waals surface area contributed by atoms with E-state index in [2.05, 4.69) is 12.2 Å². The zero-order chi connectivity index (χ0) is 23.0. The molecule has 2 aromatic carbocycles. The molecule has 2 aliphatic rings. The highest BCUT2D eigenvalue weighted by molar-refractivity contribution is 6.36. The van der Waals surface area contributed by atoms with Gasteiger partial charge in [-0.15, -0.1) is 0 Å². The van der Waals surface area contributed by atoms with Crippen LogP contribution < -0.4 is 14.8 Å². The Bertz CT molecular complexity index is 1020. The smallest absolute Gasteiger partial charge is 0.278 e. The molecule has 0 saturated heterocycles. The second-order valence-corrected chi connectivity index (χ2v) is 8.55. The molecule has 0 atom stereocenters. The summed E-state index contributed by atoms with van der Waals surface area (Å²) in [5.41, 5.74) is 2.14. The molecule has 0 spiro atoms. The second-order valence-electron chi connectivity index (χ2n) is 8.55. The van der Waals surface area contributed by atoms with Crippen LogP contribution >= 0.6 is 0 Å². The van der Waals surface area contributed by atoms with E-state index in [0.717, 1.165) is 24.8 Å². The molecule has 2 aromatic rings. The number of carbonyl (C=O) groups is 2. The molecule has 0 saturated carbocycles. The Morgan fingerprint density at radius 2 is 1.52 bits per heavy atom. The summed E-state index contributed by atoms with van der Waals surface area (Å²) in [6, 6.07) is 14.8. The van der Waals surface area contributed by atoms with Crippen molar-refractivity contribution < 1.29 is 19.1 Å². The summed E-state index contributed by atoms with van der Waals surface area (Å²) in [4.78, 5) is 28.0. The molecule has 0 aromatic heterocycles. The highest BCUT2D eigenvalue weighted by atomic mass is 16.7. The lowest BCUT2D eigenvalue weighted by Gasteiger charge is -2.15. The Labute approximate surface area is 195 Å². The molecule has 2 amide bonds. The summed E-state index contributed by atoms with van der Waals surface area (Å²) in [5.74, 6) is 0.772. The molecule has 2 heterocycles. The van der Waals surface area contributed by atoms with Gasteiger partial charge in [0.05, 0.1) is 5.57 Å². The van der Waals surface area contributed by atoms with Crippen LogP contribution in [0.1, 0.15) is 63.9 Å². The molecule has 1 N–H and O–H groups in total. The largest absolute Gasteiger partial charge is 0.454 e. The van der Waals surface area contributed by atoms with Crippen molar-refractivity contribution in [1.29, 1.82) is 0 Å². The average Bonchev–Trinajstić information content (AvgIpc) is 3.39. The Kier molecular flexibility index (Phi) is 7.66. The SMILES string of the molecule is CCCCCCCCCCN1C(=O)C(Nc2ccc3c(c2)OCO3)=C(c2ccccc2)C1=O. The Morgan fingerprint density at radius 1 is 0.818 bits per heavy atom. The number of fused-ring (bicyclic) bond motifs is 1. The van der Waals surface area contributed by atoms with Crippen molar-refractivity contribution in [2.24, 2.45) is 0 Å². The number of benzene rings is 2. The van der Waals surface area contributed by atoms with Gasteiger partial charge < -0.3 is 14.8 Å². The normalized spacial score (nSPS) is 15.0. The topological polar surface area (TPSA) is 67.9 Å². The summed E-state index contributed by atoms with van der Waals surface area (Å²) in [7, 11) is 0. The Hall–Kier alpha value is -3.28. The van der Waals surface area contributed by atoms with Crippen molar-refractivity contribution >= 4 is 23.1 Å². The molecule has 0 unspecified atom stereocenters. The van der Waals surface area contributed by atoms with E-state index in [1.807, 2.05) is 36.4 Å². The zero-order valence-corrected chi connectivity index (χ0v) is 19.3. The molecule has 33 heavy (non-hydrogen) atoms.